The van der Waals surface area contributed by atoms with E-state index < -0.39 is 0 Å². The van der Waals surface area contributed by atoms with E-state index in [2.05, 4.69) is 31.9 Å². The van der Waals surface area contributed by atoms with Crippen LogP contribution in [0.1, 0.15) is 30.6 Å². The molecule has 0 bridgehead atoms. The molecule has 1 unspecified atom stereocenters. The second kappa shape index (κ2) is 4.58. The molecular formula is C10H12Br2O. The predicted octanol–water partition coefficient (Wildman–Crippen LogP) is 3.96. The Bertz CT molecular complexity index is 287. The molecule has 3 heteroatoms. The highest BCUT2D eigenvalue weighted by Crippen LogP contribution is 2.29. The van der Waals surface area contributed by atoms with Crippen LogP contribution in [0.15, 0.2) is 21.1 Å². The molecular weight excluding hydrogens is 296 g/mol. The molecule has 0 radical (unpaired) electrons. The summed E-state index contributed by atoms with van der Waals surface area (Å²) >= 11 is 6.91. The van der Waals surface area contributed by atoms with Crippen LogP contribution >= 0.6 is 31.9 Å². The van der Waals surface area contributed by atoms with Crippen LogP contribution in [0.3, 0.4) is 0 Å². The lowest BCUT2D eigenvalue weighted by atomic mass is 10.1. The Labute approximate surface area is 95.4 Å². The van der Waals surface area contributed by atoms with Crippen LogP contribution in [-0.4, -0.2) is 5.11 Å². The molecule has 0 fully saturated rings. The van der Waals surface area contributed by atoms with E-state index in [1.54, 1.807) is 0 Å². The summed E-state index contributed by atoms with van der Waals surface area (Å²) in [6.07, 6.45) is 0.371. The third-order valence-electron chi connectivity index (χ3n) is 2.07. The van der Waals surface area contributed by atoms with Crippen molar-refractivity contribution < 1.29 is 5.11 Å². The van der Waals surface area contributed by atoms with Gasteiger partial charge in [0, 0.05) is 8.95 Å². The number of hydrogen-bond acceptors (Lipinski definition) is 1. The van der Waals surface area contributed by atoms with Crippen molar-refractivity contribution in [1.29, 1.82) is 0 Å². The fourth-order valence-corrected chi connectivity index (χ4v) is 2.31. The minimum absolute atomic E-state index is 0.367. The van der Waals surface area contributed by atoms with Crippen LogP contribution in [-0.2, 0) is 0 Å². The summed E-state index contributed by atoms with van der Waals surface area (Å²) in [5.74, 6) is 0. The van der Waals surface area contributed by atoms with Gasteiger partial charge in [-0.1, -0.05) is 38.8 Å². The van der Waals surface area contributed by atoms with Gasteiger partial charge in [0.15, 0.2) is 0 Å². The van der Waals surface area contributed by atoms with E-state index in [4.69, 9.17) is 0 Å². The molecule has 72 valence electrons. The van der Waals surface area contributed by atoms with Gasteiger partial charge >= 0.3 is 0 Å². The van der Waals surface area contributed by atoms with E-state index in [1.165, 1.54) is 0 Å². The zero-order valence-electron chi connectivity index (χ0n) is 7.64. The van der Waals surface area contributed by atoms with Gasteiger partial charge in [-0.2, -0.15) is 0 Å². The molecule has 1 aromatic rings. The average molecular weight is 308 g/mol. The number of rotatable bonds is 2. The number of hydrogen-bond donors (Lipinski definition) is 1. The van der Waals surface area contributed by atoms with Gasteiger partial charge < -0.3 is 5.11 Å². The molecule has 0 spiro atoms. The van der Waals surface area contributed by atoms with Crippen LogP contribution in [0.2, 0.25) is 0 Å². The zero-order valence-corrected chi connectivity index (χ0v) is 10.8. The second-order valence-corrected chi connectivity index (χ2v) is 4.74. The zero-order chi connectivity index (χ0) is 10.0. The molecule has 1 N–H and O–H groups in total. The third kappa shape index (κ3) is 2.55. The summed E-state index contributed by atoms with van der Waals surface area (Å²) in [7, 11) is 0. The van der Waals surface area contributed by atoms with Crippen LogP contribution < -0.4 is 0 Å². The largest absolute Gasteiger partial charge is 0.388 e. The first-order valence-electron chi connectivity index (χ1n) is 4.19. The highest BCUT2D eigenvalue weighted by molar-refractivity contribution is 9.11. The summed E-state index contributed by atoms with van der Waals surface area (Å²) in [4.78, 5) is 0. The predicted molar refractivity (Wildman–Crippen MR) is 61.8 cm³/mol. The molecule has 0 amide bonds. The second-order valence-electron chi connectivity index (χ2n) is 3.03. The van der Waals surface area contributed by atoms with Gasteiger partial charge in [0.25, 0.3) is 0 Å². The smallest absolute Gasteiger partial charge is 0.0788 e. The van der Waals surface area contributed by atoms with Gasteiger partial charge in [-0.05, 0) is 36.6 Å². The Morgan fingerprint density at radius 1 is 1.31 bits per heavy atom. The quantitative estimate of drug-likeness (QED) is 0.876. The maximum atomic E-state index is 9.63. The molecule has 0 heterocycles. The van der Waals surface area contributed by atoms with Crippen molar-refractivity contribution in [2.75, 3.05) is 0 Å². The highest BCUT2D eigenvalue weighted by atomic mass is 79.9. The summed E-state index contributed by atoms with van der Waals surface area (Å²) in [6, 6.07) is 3.93. The van der Waals surface area contributed by atoms with Crippen molar-refractivity contribution in [3.05, 3.63) is 32.2 Å². The van der Waals surface area contributed by atoms with Gasteiger partial charge in [0.1, 0.15) is 0 Å². The Hall–Kier alpha value is 0.140. The van der Waals surface area contributed by atoms with Gasteiger partial charge in [-0.3, -0.25) is 0 Å². The third-order valence-corrected chi connectivity index (χ3v) is 3.72. The molecule has 1 aromatic carbocycles. The summed E-state index contributed by atoms with van der Waals surface area (Å²) in [6.45, 7) is 3.99. The topological polar surface area (TPSA) is 20.2 Å². The molecule has 0 aromatic heterocycles. The Morgan fingerprint density at radius 3 is 2.15 bits per heavy atom. The highest BCUT2D eigenvalue weighted by Gasteiger charge is 2.08. The first-order chi connectivity index (χ1) is 6.06. The Morgan fingerprint density at radius 2 is 1.77 bits per heavy atom. The summed E-state index contributed by atoms with van der Waals surface area (Å²) in [5, 5.41) is 9.63. The van der Waals surface area contributed by atoms with Crippen molar-refractivity contribution in [1.82, 2.24) is 0 Å². The first-order valence-corrected chi connectivity index (χ1v) is 5.78. The van der Waals surface area contributed by atoms with Crippen molar-refractivity contribution in [2.45, 2.75) is 26.4 Å². The fourth-order valence-electron chi connectivity index (χ4n) is 1.09. The lowest BCUT2D eigenvalue weighted by molar-refractivity contribution is 0.173. The number of halogens is 2. The van der Waals surface area contributed by atoms with E-state index in [0.29, 0.717) is 0 Å². The molecule has 0 aliphatic carbocycles. The molecule has 0 aliphatic rings. The summed E-state index contributed by atoms with van der Waals surface area (Å²) < 4.78 is 2.06. The van der Waals surface area contributed by atoms with Gasteiger partial charge in [-0.15, -0.1) is 0 Å². The minimum Gasteiger partial charge on any atom is -0.388 e. The molecule has 1 nitrogen and oxygen atoms in total. The normalized spacial score (nSPS) is 13.0. The van der Waals surface area contributed by atoms with Gasteiger partial charge in [-0.25, -0.2) is 0 Å². The monoisotopic (exact) mass is 306 g/mol. The molecule has 1 atom stereocenters. The van der Waals surface area contributed by atoms with Crippen molar-refractivity contribution in [3.63, 3.8) is 0 Å². The van der Waals surface area contributed by atoms with Crippen LogP contribution in [0, 0.1) is 6.92 Å². The maximum Gasteiger partial charge on any atom is 0.0788 e. The first kappa shape index (κ1) is 11.2. The Balaban J connectivity index is 3.13. The standard InChI is InChI=1S/C10H12Br2O/c1-3-10(13)7-4-8(11)6(2)9(12)5-7/h4-5,10,13H,3H2,1-2H3. The van der Waals surface area contributed by atoms with Crippen molar-refractivity contribution in [2.24, 2.45) is 0 Å². The molecule has 0 saturated heterocycles. The number of aliphatic hydroxyl groups excluding tert-OH is 1. The van der Waals surface area contributed by atoms with Crippen LogP contribution in [0.5, 0.6) is 0 Å². The lowest BCUT2D eigenvalue weighted by Gasteiger charge is -2.11. The fraction of sp³-hybridized carbons (Fsp3) is 0.400. The molecule has 13 heavy (non-hydrogen) atoms. The summed E-state index contributed by atoms with van der Waals surface area (Å²) in [5.41, 5.74) is 2.11. The minimum atomic E-state index is -0.367. The molecule has 0 saturated carbocycles. The maximum absolute atomic E-state index is 9.63. The average Bonchev–Trinajstić information content (AvgIpc) is 2.12. The number of benzene rings is 1. The van der Waals surface area contributed by atoms with Gasteiger partial charge in [0.2, 0.25) is 0 Å². The van der Waals surface area contributed by atoms with Crippen molar-refractivity contribution in [3.8, 4) is 0 Å². The van der Waals surface area contributed by atoms with Crippen LogP contribution in [0.4, 0.5) is 0 Å². The lowest BCUT2D eigenvalue weighted by Crippen LogP contribution is -1.96. The number of aliphatic hydroxyl groups is 1. The Kier molecular flexibility index (Phi) is 3.95. The molecule has 1 rings (SSSR count). The van der Waals surface area contributed by atoms with Crippen molar-refractivity contribution >= 4 is 31.9 Å². The SMILES string of the molecule is CCC(O)c1cc(Br)c(C)c(Br)c1. The van der Waals surface area contributed by atoms with E-state index in [1.807, 2.05) is 26.0 Å². The van der Waals surface area contributed by atoms with E-state index in [0.717, 1.165) is 26.5 Å². The van der Waals surface area contributed by atoms with E-state index in [-0.39, 0.29) is 6.10 Å². The van der Waals surface area contributed by atoms with Gasteiger partial charge in [0.05, 0.1) is 6.10 Å². The van der Waals surface area contributed by atoms with Crippen LogP contribution in [0.25, 0.3) is 0 Å². The van der Waals surface area contributed by atoms with E-state index in [9.17, 15) is 5.11 Å². The van der Waals surface area contributed by atoms with E-state index >= 15 is 0 Å². The molecule has 0 aliphatic heterocycles.